The van der Waals surface area contributed by atoms with Gasteiger partial charge in [-0.25, -0.2) is 0 Å². The first kappa shape index (κ1) is 14.4. The number of anilines is 1. The van der Waals surface area contributed by atoms with Crippen molar-refractivity contribution in [2.24, 2.45) is 0 Å². The van der Waals surface area contributed by atoms with Gasteiger partial charge < -0.3 is 15.2 Å². The van der Waals surface area contributed by atoms with Crippen LogP contribution in [0.5, 0.6) is 5.75 Å². The van der Waals surface area contributed by atoms with Gasteiger partial charge in [0.15, 0.2) is 0 Å². The number of aliphatic carboxylic acids is 1. The Bertz CT molecular complexity index is 537. The number of amides is 1. The monoisotopic (exact) mass is 277 g/mol. The molecule has 2 rings (SSSR count). The third-order valence-electron chi connectivity index (χ3n) is 3.59. The van der Waals surface area contributed by atoms with Crippen LogP contribution in [0.25, 0.3) is 0 Å². The lowest BCUT2D eigenvalue weighted by Crippen LogP contribution is -2.19. The summed E-state index contributed by atoms with van der Waals surface area (Å²) in [5, 5.41) is 11.6. The Kier molecular flexibility index (Phi) is 3.97. The maximum absolute atomic E-state index is 11.6. The summed E-state index contributed by atoms with van der Waals surface area (Å²) in [6.45, 7) is 4.37. The van der Waals surface area contributed by atoms with Gasteiger partial charge in [-0.3, -0.25) is 9.59 Å². The van der Waals surface area contributed by atoms with E-state index in [0.717, 1.165) is 5.56 Å². The highest BCUT2D eigenvalue weighted by atomic mass is 16.5. The number of carboxylic acids is 1. The number of carboxylic acid groups (broad SMARTS) is 1. The van der Waals surface area contributed by atoms with E-state index in [-0.39, 0.29) is 17.7 Å². The van der Waals surface area contributed by atoms with E-state index in [1.807, 2.05) is 32.0 Å². The van der Waals surface area contributed by atoms with E-state index in [1.165, 1.54) is 0 Å². The lowest BCUT2D eigenvalue weighted by molar-refractivity contribution is -0.137. The van der Waals surface area contributed by atoms with Gasteiger partial charge in [0.1, 0.15) is 5.75 Å². The van der Waals surface area contributed by atoms with Crippen LogP contribution in [0.2, 0.25) is 0 Å². The molecule has 0 spiro atoms. The highest BCUT2D eigenvalue weighted by molar-refractivity contribution is 5.93. The van der Waals surface area contributed by atoms with E-state index in [4.69, 9.17) is 9.84 Å². The Hall–Kier alpha value is -2.04. The largest absolute Gasteiger partial charge is 0.491 e. The molecule has 20 heavy (non-hydrogen) atoms. The molecule has 1 aliphatic rings. The maximum Gasteiger partial charge on any atom is 0.303 e. The molecule has 0 saturated carbocycles. The molecule has 0 aromatic heterocycles. The minimum atomic E-state index is -0.801. The second-order valence-corrected chi connectivity index (χ2v) is 5.64. The Morgan fingerprint density at radius 2 is 2.20 bits per heavy atom. The number of carbonyl (C=O) groups is 2. The molecule has 0 bridgehead atoms. The van der Waals surface area contributed by atoms with Crippen LogP contribution < -0.4 is 10.1 Å². The summed E-state index contributed by atoms with van der Waals surface area (Å²) in [6, 6.07) is 5.64. The number of benzene rings is 1. The van der Waals surface area contributed by atoms with Crippen LogP contribution in [0.1, 0.15) is 38.7 Å². The molecular weight excluding hydrogens is 258 g/mol. The fourth-order valence-electron chi connectivity index (χ4n) is 2.20. The molecule has 108 valence electrons. The average molecular weight is 277 g/mol. The predicted octanol–water partition coefficient (Wildman–Crippen LogP) is 2.55. The van der Waals surface area contributed by atoms with Crippen molar-refractivity contribution < 1.29 is 19.4 Å². The molecule has 1 heterocycles. The number of hydrogen-bond donors (Lipinski definition) is 2. The summed E-state index contributed by atoms with van der Waals surface area (Å²) < 4.78 is 5.51. The first-order valence-corrected chi connectivity index (χ1v) is 6.67. The molecule has 0 aliphatic carbocycles. The molecule has 5 nitrogen and oxygen atoms in total. The van der Waals surface area contributed by atoms with Crippen LogP contribution in [-0.2, 0) is 15.0 Å². The van der Waals surface area contributed by atoms with E-state index in [9.17, 15) is 9.59 Å². The average Bonchev–Trinajstić information content (AvgIpc) is 2.56. The summed E-state index contributed by atoms with van der Waals surface area (Å²) >= 11 is 0. The second kappa shape index (κ2) is 5.53. The third-order valence-corrected chi connectivity index (χ3v) is 3.59. The van der Waals surface area contributed by atoms with Crippen molar-refractivity contribution in [2.75, 3.05) is 11.9 Å². The normalized spacial score (nSPS) is 14.8. The molecule has 1 aliphatic heterocycles. The van der Waals surface area contributed by atoms with E-state index in [1.54, 1.807) is 0 Å². The summed E-state index contributed by atoms with van der Waals surface area (Å²) in [4.78, 5) is 22.3. The van der Waals surface area contributed by atoms with Crippen molar-refractivity contribution in [3.05, 3.63) is 23.8 Å². The van der Waals surface area contributed by atoms with E-state index >= 15 is 0 Å². The molecule has 1 amide bonds. The predicted molar refractivity (Wildman–Crippen MR) is 75.1 cm³/mol. The molecule has 0 saturated heterocycles. The lowest BCUT2D eigenvalue weighted by Gasteiger charge is -2.25. The van der Waals surface area contributed by atoms with Gasteiger partial charge in [-0.1, -0.05) is 19.9 Å². The van der Waals surface area contributed by atoms with Crippen LogP contribution in [0, 0.1) is 0 Å². The zero-order chi connectivity index (χ0) is 14.8. The van der Waals surface area contributed by atoms with Crippen LogP contribution in [-0.4, -0.2) is 23.6 Å². The van der Waals surface area contributed by atoms with Crippen LogP contribution in [0.15, 0.2) is 18.2 Å². The fourth-order valence-corrected chi connectivity index (χ4v) is 2.20. The fraction of sp³-hybridized carbons (Fsp3) is 0.467. The molecule has 5 heteroatoms. The summed E-state index contributed by atoms with van der Waals surface area (Å²) in [6.07, 6.45) is 0.995. The van der Waals surface area contributed by atoms with Crippen LogP contribution in [0.4, 0.5) is 5.69 Å². The number of hydrogen-bond acceptors (Lipinski definition) is 3. The van der Waals surface area contributed by atoms with Gasteiger partial charge in [0.05, 0.1) is 18.7 Å². The SMILES string of the molecule is CC(C)(CCC(=O)O)c1ccc2c(c1)NC(=O)CCO2. The third kappa shape index (κ3) is 3.29. The summed E-state index contributed by atoms with van der Waals surface area (Å²) in [7, 11) is 0. The van der Waals surface area contributed by atoms with Crippen LogP contribution in [0.3, 0.4) is 0 Å². The Labute approximate surface area is 117 Å². The number of ether oxygens (including phenoxy) is 1. The van der Waals surface area contributed by atoms with E-state index in [0.29, 0.717) is 30.9 Å². The van der Waals surface area contributed by atoms with E-state index in [2.05, 4.69) is 5.32 Å². The highest BCUT2D eigenvalue weighted by Crippen LogP contribution is 2.35. The topological polar surface area (TPSA) is 75.6 Å². The molecule has 1 aromatic carbocycles. The number of nitrogens with one attached hydrogen (secondary N) is 1. The zero-order valence-electron chi connectivity index (χ0n) is 11.7. The van der Waals surface area contributed by atoms with E-state index < -0.39 is 5.97 Å². The standard InChI is InChI=1S/C15H19NO4/c1-15(2,7-5-14(18)19)10-3-4-12-11(9-10)16-13(17)6-8-20-12/h3-4,9H,5-8H2,1-2H3,(H,16,17)(H,18,19). The van der Waals surface area contributed by atoms with Gasteiger partial charge in [-0.05, 0) is 29.5 Å². The Balaban J connectivity index is 2.25. The first-order chi connectivity index (χ1) is 9.38. The Morgan fingerprint density at radius 1 is 1.45 bits per heavy atom. The molecule has 0 radical (unpaired) electrons. The minimum absolute atomic E-state index is 0.0655. The lowest BCUT2D eigenvalue weighted by atomic mass is 9.80. The van der Waals surface area contributed by atoms with Gasteiger partial charge in [-0.15, -0.1) is 0 Å². The quantitative estimate of drug-likeness (QED) is 0.886. The van der Waals surface area contributed by atoms with Crippen molar-refractivity contribution in [2.45, 2.75) is 38.5 Å². The highest BCUT2D eigenvalue weighted by Gasteiger charge is 2.24. The maximum atomic E-state index is 11.6. The van der Waals surface area contributed by atoms with Gasteiger partial charge in [0.25, 0.3) is 0 Å². The molecule has 0 fully saturated rings. The van der Waals surface area contributed by atoms with Crippen molar-refractivity contribution >= 4 is 17.6 Å². The number of carbonyl (C=O) groups excluding carboxylic acids is 1. The number of fused-ring (bicyclic) bond motifs is 1. The smallest absolute Gasteiger partial charge is 0.303 e. The zero-order valence-corrected chi connectivity index (χ0v) is 11.7. The molecule has 1 aromatic rings. The summed E-state index contributed by atoms with van der Waals surface area (Å²) in [5.74, 6) is -0.206. The van der Waals surface area contributed by atoms with Crippen molar-refractivity contribution in [1.82, 2.24) is 0 Å². The van der Waals surface area contributed by atoms with Crippen LogP contribution >= 0.6 is 0 Å². The number of rotatable bonds is 4. The molecule has 2 N–H and O–H groups in total. The van der Waals surface area contributed by atoms with Crippen molar-refractivity contribution in [1.29, 1.82) is 0 Å². The second-order valence-electron chi connectivity index (χ2n) is 5.64. The first-order valence-electron chi connectivity index (χ1n) is 6.67. The minimum Gasteiger partial charge on any atom is -0.491 e. The van der Waals surface area contributed by atoms with Gasteiger partial charge in [-0.2, -0.15) is 0 Å². The Morgan fingerprint density at radius 3 is 2.90 bits per heavy atom. The van der Waals surface area contributed by atoms with Crippen molar-refractivity contribution in [3.63, 3.8) is 0 Å². The van der Waals surface area contributed by atoms with Gasteiger partial charge in [0, 0.05) is 6.42 Å². The molecule has 0 unspecified atom stereocenters. The summed E-state index contributed by atoms with van der Waals surface area (Å²) in [5.41, 5.74) is 1.38. The van der Waals surface area contributed by atoms with Crippen molar-refractivity contribution in [3.8, 4) is 5.75 Å². The molecular formula is C15H19NO4. The van der Waals surface area contributed by atoms with Gasteiger partial charge >= 0.3 is 5.97 Å². The molecule has 0 atom stereocenters. The van der Waals surface area contributed by atoms with Gasteiger partial charge in [0.2, 0.25) is 5.91 Å².